The van der Waals surface area contributed by atoms with Crippen LogP contribution in [0.2, 0.25) is 0 Å². The minimum Gasteiger partial charge on any atom is -0.384 e. The lowest BCUT2D eigenvalue weighted by molar-refractivity contribution is -0.117. The number of aliphatic hydroxyl groups excluding tert-OH is 1. The van der Waals surface area contributed by atoms with Crippen LogP contribution in [0.15, 0.2) is 42.5 Å². The molecule has 2 aromatic carbocycles. The van der Waals surface area contributed by atoms with Crippen LogP contribution in [-0.2, 0) is 17.6 Å². The van der Waals surface area contributed by atoms with Crippen LogP contribution in [0.3, 0.4) is 0 Å². The van der Waals surface area contributed by atoms with E-state index in [0.717, 1.165) is 28.8 Å². The first-order valence-electron chi connectivity index (χ1n) is 7.26. The number of nitrogens with zero attached hydrogens (tertiary/aromatic N) is 1. The number of carbonyl (C=O) groups is 1. The molecule has 0 spiro atoms. The predicted octanol–water partition coefficient (Wildman–Crippen LogP) is 2.85. The van der Waals surface area contributed by atoms with E-state index in [1.807, 2.05) is 42.5 Å². The van der Waals surface area contributed by atoms with Crippen molar-refractivity contribution in [2.75, 3.05) is 11.9 Å². The van der Waals surface area contributed by atoms with Crippen LogP contribution in [0.5, 0.6) is 0 Å². The molecule has 0 aliphatic carbocycles. The molecule has 1 aliphatic heterocycles. The van der Waals surface area contributed by atoms with Gasteiger partial charge in [0.2, 0.25) is 5.91 Å². The van der Waals surface area contributed by atoms with Crippen molar-refractivity contribution in [2.24, 2.45) is 0 Å². The van der Waals surface area contributed by atoms with Gasteiger partial charge in [-0.05, 0) is 34.7 Å². The Balaban J connectivity index is 1.90. The first-order chi connectivity index (χ1) is 10.1. The number of hydrogen-bond acceptors (Lipinski definition) is 2. The van der Waals surface area contributed by atoms with Gasteiger partial charge in [-0.3, -0.25) is 4.79 Å². The highest BCUT2D eigenvalue weighted by atomic mass is 16.3. The molecule has 1 atom stereocenters. The molecule has 1 aliphatic rings. The number of carbonyl (C=O) groups excluding carboxylic acids is 1. The predicted molar refractivity (Wildman–Crippen MR) is 83.4 cm³/mol. The second-order valence-corrected chi connectivity index (χ2v) is 5.52. The van der Waals surface area contributed by atoms with Crippen molar-refractivity contribution in [3.05, 3.63) is 64.7 Å². The Kier molecular flexibility index (Phi) is 3.52. The van der Waals surface area contributed by atoms with Crippen molar-refractivity contribution >= 4 is 11.6 Å². The summed E-state index contributed by atoms with van der Waals surface area (Å²) in [6, 6.07) is 13.8. The number of anilines is 1. The molecule has 0 fully saturated rings. The number of benzene rings is 2. The molecule has 1 heterocycles. The van der Waals surface area contributed by atoms with Gasteiger partial charge in [0.1, 0.15) is 6.10 Å². The van der Waals surface area contributed by atoms with E-state index in [-0.39, 0.29) is 5.91 Å². The van der Waals surface area contributed by atoms with Crippen LogP contribution in [0, 0.1) is 0 Å². The molecule has 0 aromatic heterocycles. The summed E-state index contributed by atoms with van der Waals surface area (Å²) in [5.74, 6) is 0.101. The van der Waals surface area contributed by atoms with Crippen LogP contribution in [0.4, 0.5) is 5.69 Å². The first-order valence-corrected chi connectivity index (χ1v) is 7.26. The summed E-state index contributed by atoms with van der Waals surface area (Å²) in [5, 5.41) is 10.5. The molecular formula is C18H19NO2. The van der Waals surface area contributed by atoms with Crippen LogP contribution in [-0.4, -0.2) is 18.1 Å². The Morgan fingerprint density at radius 1 is 1.14 bits per heavy atom. The molecule has 21 heavy (non-hydrogen) atoms. The van der Waals surface area contributed by atoms with Gasteiger partial charge < -0.3 is 10.0 Å². The van der Waals surface area contributed by atoms with Crippen LogP contribution in [0.1, 0.15) is 35.3 Å². The number of amides is 1. The highest BCUT2D eigenvalue weighted by Crippen LogP contribution is 2.32. The summed E-state index contributed by atoms with van der Waals surface area (Å²) in [5.41, 5.74) is 4.90. The van der Waals surface area contributed by atoms with Crippen LogP contribution in [0.25, 0.3) is 0 Å². The molecule has 2 aromatic rings. The molecule has 0 saturated heterocycles. The van der Waals surface area contributed by atoms with Crippen molar-refractivity contribution < 1.29 is 9.90 Å². The summed E-state index contributed by atoms with van der Waals surface area (Å²) < 4.78 is 0. The van der Waals surface area contributed by atoms with Gasteiger partial charge in [-0.1, -0.05) is 43.3 Å². The molecule has 0 bridgehead atoms. The van der Waals surface area contributed by atoms with E-state index in [4.69, 9.17) is 0 Å². The van der Waals surface area contributed by atoms with E-state index < -0.39 is 6.10 Å². The fraction of sp³-hybridized carbons (Fsp3) is 0.278. The third-order valence-corrected chi connectivity index (χ3v) is 4.20. The van der Waals surface area contributed by atoms with Gasteiger partial charge in [-0.25, -0.2) is 0 Å². The summed E-state index contributed by atoms with van der Waals surface area (Å²) in [4.78, 5) is 13.4. The van der Waals surface area contributed by atoms with E-state index in [2.05, 4.69) is 6.92 Å². The zero-order chi connectivity index (χ0) is 15.0. The zero-order valence-corrected chi connectivity index (χ0v) is 12.3. The molecule has 1 unspecified atom stereocenters. The van der Waals surface area contributed by atoms with Gasteiger partial charge >= 0.3 is 0 Å². The standard InChI is InChI=1S/C18H19NO2/c1-3-12-4-6-13(7-5-12)18(21)14-8-9-16-15(10-14)11-17(20)19(16)2/h4-10,18,21H,3,11H2,1-2H3. The van der Waals surface area contributed by atoms with Gasteiger partial charge in [0.25, 0.3) is 0 Å². The average molecular weight is 281 g/mol. The van der Waals surface area contributed by atoms with Crippen molar-refractivity contribution in [3.63, 3.8) is 0 Å². The van der Waals surface area contributed by atoms with Gasteiger partial charge in [-0.15, -0.1) is 0 Å². The third-order valence-electron chi connectivity index (χ3n) is 4.20. The number of likely N-dealkylation sites (N-methyl/N-ethyl adjacent to an activating group) is 1. The van der Waals surface area contributed by atoms with Gasteiger partial charge in [0.05, 0.1) is 6.42 Å². The van der Waals surface area contributed by atoms with E-state index in [0.29, 0.717) is 6.42 Å². The number of aryl methyl sites for hydroxylation is 1. The van der Waals surface area contributed by atoms with Crippen molar-refractivity contribution in [2.45, 2.75) is 25.9 Å². The summed E-state index contributed by atoms with van der Waals surface area (Å²) in [6.07, 6.45) is 0.757. The smallest absolute Gasteiger partial charge is 0.231 e. The molecule has 0 radical (unpaired) electrons. The quantitative estimate of drug-likeness (QED) is 0.940. The molecule has 1 N–H and O–H groups in total. The number of rotatable bonds is 3. The summed E-state index contributed by atoms with van der Waals surface area (Å²) in [6.45, 7) is 2.11. The van der Waals surface area contributed by atoms with E-state index >= 15 is 0 Å². The second-order valence-electron chi connectivity index (χ2n) is 5.52. The minimum absolute atomic E-state index is 0.101. The largest absolute Gasteiger partial charge is 0.384 e. The number of hydrogen-bond donors (Lipinski definition) is 1. The maximum Gasteiger partial charge on any atom is 0.231 e. The third kappa shape index (κ3) is 2.45. The Hall–Kier alpha value is -2.13. The normalized spacial score (nSPS) is 15.2. The average Bonchev–Trinajstić information content (AvgIpc) is 2.81. The monoisotopic (exact) mass is 281 g/mol. The highest BCUT2D eigenvalue weighted by Gasteiger charge is 2.25. The van der Waals surface area contributed by atoms with Crippen molar-refractivity contribution in [1.29, 1.82) is 0 Å². The lowest BCUT2D eigenvalue weighted by Crippen LogP contribution is -2.20. The van der Waals surface area contributed by atoms with Crippen molar-refractivity contribution in [3.8, 4) is 0 Å². The molecule has 0 saturated carbocycles. The van der Waals surface area contributed by atoms with Gasteiger partial charge in [0, 0.05) is 12.7 Å². The van der Waals surface area contributed by atoms with Gasteiger partial charge in [0.15, 0.2) is 0 Å². The highest BCUT2D eigenvalue weighted by molar-refractivity contribution is 6.00. The molecule has 108 valence electrons. The maximum atomic E-state index is 11.7. The fourth-order valence-electron chi connectivity index (χ4n) is 2.79. The molecule has 1 amide bonds. The Labute approximate surface area is 124 Å². The fourth-order valence-corrected chi connectivity index (χ4v) is 2.79. The summed E-state index contributed by atoms with van der Waals surface area (Å²) >= 11 is 0. The molecular weight excluding hydrogens is 262 g/mol. The minimum atomic E-state index is -0.651. The Bertz CT molecular complexity index is 676. The molecule has 3 nitrogen and oxygen atoms in total. The summed E-state index contributed by atoms with van der Waals surface area (Å²) in [7, 11) is 1.79. The zero-order valence-electron chi connectivity index (χ0n) is 12.3. The van der Waals surface area contributed by atoms with E-state index in [1.165, 1.54) is 5.56 Å². The van der Waals surface area contributed by atoms with Gasteiger partial charge in [-0.2, -0.15) is 0 Å². The lowest BCUT2D eigenvalue weighted by atomic mass is 9.97. The van der Waals surface area contributed by atoms with E-state index in [1.54, 1.807) is 11.9 Å². The number of fused-ring (bicyclic) bond motifs is 1. The molecule has 3 heteroatoms. The Morgan fingerprint density at radius 2 is 1.81 bits per heavy atom. The lowest BCUT2D eigenvalue weighted by Gasteiger charge is -2.15. The second kappa shape index (κ2) is 5.34. The first kappa shape index (κ1) is 13.8. The van der Waals surface area contributed by atoms with Crippen LogP contribution < -0.4 is 4.90 Å². The SMILES string of the molecule is CCc1ccc(C(O)c2ccc3c(c2)CC(=O)N3C)cc1. The topological polar surface area (TPSA) is 40.5 Å². The van der Waals surface area contributed by atoms with E-state index in [9.17, 15) is 9.90 Å². The Morgan fingerprint density at radius 3 is 2.48 bits per heavy atom. The van der Waals surface area contributed by atoms with Crippen molar-refractivity contribution in [1.82, 2.24) is 0 Å². The molecule has 3 rings (SSSR count). The maximum absolute atomic E-state index is 11.7. The van der Waals surface area contributed by atoms with Crippen LogP contribution >= 0.6 is 0 Å². The number of aliphatic hydroxyl groups is 1.